The minimum Gasteiger partial charge on any atom is -0.388 e. The molecule has 0 unspecified atom stereocenters. The van der Waals surface area contributed by atoms with Crippen LogP contribution in [0, 0.1) is 11.3 Å². The molecule has 2 rings (SSSR count). The Kier molecular flexibility index (Phi) is 2.88. The topological polar surface area (TPSA) is 46.2 Å². The predicted molar refractivity (Wildman–Crippen MR) is 64.4 cm³/mol. The van der Waals surface area contributed by atoms with Gasteiger partial charge in [-0.3, -0.25) is 0 Å². The minimum absolute atomic E-state index is 0.0825. The summed E-state index contributed by atoms with van der Waals surface area (Å²) >= 11 is 3.41. The highest BCUT2D eigenvalue weighted by molar-refractivity contribution is 9.10. The molecule has 2 nitrogen and oxygen atoms in total. The van der Waals surface area contributed by atoms with Gasteiger partial charge in [0.05, 0.1) is 6.10 Å². The third-order valence-corrected chi connectivity index (χ3v) is 4.09. The van der Waals surface area contributed by atoms with E-state index in [2.05, 4.69) is 22.9 Å². The van der Waals surface area contributed by atoms with Gasteiger partial charge in [-0.1, -0.05) is 35.0 Å². The van der Waals surface area contributed by atoms with E-state index >= 15 is 0 Å². The molecule has 82 valence electrons. The molecule has 1 fully saturated rings. The average molecular weight is 270 g/mol. The van der Waals surface area contributed by atoms with E-state index in [1.807, 2.05) is 24.3 Å². The molecule has 0 radical (unpaired) electrons. The van der Waals surface area contributed by atoms with Crippen molar-refractivity contribution in [3.05, 3.63) is 34.3 Å². The number of rotatable bonds is 3. The summed E-state index contributed by atoms with van der Waals surface area (Å²) in [6.45, 7) is 2.70. The summed E-state index contributed by atoms with van der Waals surface area (Å²) in [6.07, 6.45) is 0.590. The highest BCUT2D eigenvalue weighted by atomic mass is 79.9. The Morgan fingerprint density at radius 3 is 2.80 bits per heavy atom. The molecule has 1 saturated carbocycles. The third-order valence-electron chi connectivity index (χ3n) is 3.60. The summed E-state index contributed by atoms with van der Waals surface area (Å²) in [4.78, 5) is 0. The number of nitrogens with two attached hydrogens (primary N) is 1. The molecule has 0 aromatic heterocycles. The summed E-state index contributed by atoms with van der Waals surface area (Å²) in [7, 11) is 0. The van der Waals surface area contributed by atoms with Crippen molar-refractivity contribution in [3.63, 3.8) is 0 Å². The molecule has 0 amide bonds. The lowest BCUT2D eigenvalue weighted by molar-refractivity contribution is 0.0888. The zero-order valence-electron chi connectivity index (χ0n) is 8.78. The summed E-state index contributed by atoms with van der Waals surface area (Å²) in [6, 6.07) is 7.83. The molecule has 15 heavy (non-hydrogen) atoms. The number of benzene rings is 1. The largest absolute Gasteiger partial charge is 0.388 e. The van der Waals surface area contributed by atoms with Gasteiger partial charge in [-0.05, 0) is 30.0 Å². The van der Waals surface area contributed by atoms with Crippen LogP contribution in [-0.2, 0) is 0 Å². The van der Waals surface area contributed by atoms with Crippen LogP contribution in [0.3, 0.4) is 0 Å². The van der Waals surface area contributed by atoms with E-state index in [1.54, 1.807) is 0 Å². The van der Waals surface area contributed by atoms with Crippen molar-refractivity contribution < 1.29 is 5.11 Å². The van der Waals surface area contributed by atoms with Gasteiger partial charge in [-0.15, -0.1) is 0 Å². The van der Waals surface area contributed by atoms with Crippen molar-refractivity contribution in [3.8, 4) is 0 Å². The number of hydrogen-bond acceptors (Lipinski definition) is 2. The van der Waals surface area contributed by atoms with Crippen molar-refractivity contribution in [2.45, 2.75) is 19.4 Å². The second-order valence-electron chi connectivity index (χ2n) is 4.50. The van der Waals surface area contributed by atoms with Gasteiger partial charge < -0.3 is 10.8 Å². The highest BCUT2D eigenvalue weighted by Crippen LogP contribution is 2.59. The molecule has 3 atom stereocenters. The molecule has 0 saturated heterocycles. The first-order chi connectivity index (χ1) is 7.10. The Labute approximate surface area is 98.6 Å². The molecule has 3 N–H and O–H groups in total. The normalized spacial score (nSPS) is 31.3. The van der Waals surface area contributed by atoms with Crippen LogP contribution in [-0.4, -0.2) is 11.7 Å². The molecular formula is C12H16BrNO. The van der Waals surface area contributed by atoms with Crippen LogP contribution in [0.15, 0.2) is 28.7 Å². The lowest BCUT2D eigenvalue weighted by atomic mass is 9.91. The van der Waals surface area contributed by atoms with E-state index in [-0.39, 0.29) is 5.41 Å². The van der Waals surface area contributed by atoms with E-state index in [0.29, 0.717) is 12.5 Å². The lowest BCUT2D eigenvalue weighted by Crippen LogP contribution is -2.25. The van der Waals surface area contributed by atoms with E-state index in [0.717, 1.165) is 16.5 Å². The van der Waals surface area contributed by atoms with E-state index in [1.165, 1.54) is 0 Å². The first-order valence-corrected chi connectivity index (χ1v) is 6.03. The Hall–Kier alpha value is -0.380. The van der Waals surface area contributed by atoms with Crippen LogP contribution in [0.4, 0.5) is 0 Å². The molecule has 1 aromatic carbocycles. The zero-order valence-corrected chi connectivity index (χ0v) is 10.4. The van der Waals surface area contributed by atoms with Crippen LogP contribution < -0.4 is 5.73 Å². The van der Waals surface area contributed by atoms with Gasteiger partial charge in [0.1, 0.15) is 0 Å². The van der Waals surface area contributed by atoms with Gasteiger partial charge in [0.2, 0.25) is 0 Å². The van der Waals surface area contributed by atoms with Crippen LogP contribution in [0.1, 0.15) is 25.0 Å². The Bertz CT molecular complexity index is 364. The van der Waals surface area contributed by atoms with Crippen molar-refractivity contribution in [2.24, 2.45) is 17.1 Å². The lowest BCUT2D eigenvalue weighted by Gasteiger charge is -2.22. The van der Waals surface area contributed by atoms with E-state index in [9.17, 15) is 5.11 Å². The van der Waals surface area contributed by atoms with E-state index < -0.39 is 6.10 Å². The molecular weight excluding hydrogens is 254 g/mol. The quantitative estimate of drug-likeness (QED) is 0.886. The summed E-state index contributed by atoms with van der Waals surface area (Å²) < 4.78 is 1.000. The van der Waals surface area contributed by atoms with Gasteiger partial charge in [-0.2, -0.15) is 0 Å². The molecule has 0 aliphatic heterocycles. The van der Waals surface area contributed by atoms with Gasteiger partial charge in [-0.25, -0.2) is 0 Å². The maximum Gasteiger partial charge on any atom is 0.0861 e. The maximum atomic E-state index is 10.3. The van der Waals surface area contributed by atoms with Gasteiger partial charge in [0.15, 0.2) is 0 Å². The van der Waals surface area contributed by atoms with Crippen molar-refractivity contribution in [1.29, 1.82) is 0 Å². The zero-order chi connectivity index (χ0) is 11.1. The van der Waals surface area contributed by atoms with Crippen molar-refractivity contribution in [2.75, 3.05) is 6.54 Å². The van der Waals surface area contributed by atoms with Gasteiger partial charge in [0, 0.05) is 16.4 Å². The Morgan fingerprint density at radius 1 is 1.67 bits per heavy atom. The van der Waals surface area contributed by atoms with Crippen LogP contribution >= 0.6 is 15.9 Å². The van der Waals surface area contributed by atoms with Crippen LogP contribution in [0.25, 0.3) is 0 Å². The van der Waals surface area contributed by atoms with Gasteiger partial charge in [0.25, 0.3) is 0 Å². The first-order valence-electron chi connectivity index (χ1n) is 5.24. The monoisotopic (exact) mass is 269 g/mol. The van der Waals surface area contributed by atoms with Crippen molar-refractivity contribution in [1.82, 2.24) is 0 Å². The predicted octanol–water partition coefficient (Wildman–Crippen LogP) is 2.47. The average Bonchev–Trinajstić information content (AvgIpc) is 2.90. The Balaban J connectivity index is 2.25. The number of hydrogen-bond donors (Lipinski definition) is 2. The fraction of sp³-hybridized carbons (Fsp3) is 0.500. The first kappa shape index (κ1) is 11.1. The smallest absolute Gasteiger partial charge is 0.0861 e. The summed E-state index contributed by atoms with van der Waals surface area (Å²) in [5.74, 6) is 0.525. The van der Waals surface area contributed by atoms with Crippen LogP contribution in [0.5, 0.6) is 0 Å². The fourth-order valence-corrected chi connectivity index (χ4v) is 2.71. The maximum absolute atomic E-state index is 10.3. The summed E-state index contributed by atoms with van der Waals surface area (Å²) in [5.41, 5.74) is 6.64. The molecule has 1 aromatic rings. The standard InChI is InChI=1S/C12H16BrNO/c1-8-6-12(8,7-14)11(15)9-3-2-4-10(13)5-9/h2-5,8,11,15H,6-7,14H2,1H3/t8-,11+,12+/m1/s1. The van der Waals surface area contributed by atoms with Gasteiger partial charge >= 0.3 is 0 Å². The van der Waals surface area contributed by atoms with Crippen molar-refractivity contribution >= 4 is 15.9 Å². The molecule has 1 aliphatic rings. The SMILES string of the molecule is C[C@@H]1C[C@@]1(CN)[C@@H](O)c1cccc(Br)c1. The molecule has 0 bridgehead atoms. The highest BCUT2D eigenvalue weighted by Gasteiger charge is 2.55. The molecule has 3 heteroatoms. The second kappa shape index (κ2) is 3.89. The fourth-order valence-electron chi connectivity index (χ4n) is 2.30. The molecule has 1 aliphatic carbocycles. The minimum atomic E-state index is -0.435. The molecule has 0 spiro atoms. The number of halogens is 1. The molecule has 0 heterocycles. The number of aliphatic hydroxyl groups is 1. The Morgan fingerprint density at radius 2 is 2.33 bits per heavy atom. The summed E-state index contributed by atoms with van der Waals surface area (Å²) in [5, 5.41) is 10.3. The van der Waals surface area contributed by atoms with Crippen LogP contribution in [0.2, 0.25) is 0 Å². The number of aliphatic hydroxyl groups excluding tert-OH is 1. The second-order valence-corrected chi connectivity index (χ2v) is 5.42. The third kappa shape index (κ3) is 1.84. The van der Waals surface area contributed by atoms with E-state index in [4.69, 9.17) is 5.73 Å².